The number of hydrogen-bond acceptors (Lipinski definition) is 7. The van der Waals surface area contributed by atoms with Crippen LogP contribution in [0.2, 0.25) is 0 Å². The topological polar surface area (TPSA) is 133 Å². The van der Waals surface area contributed by atoms with Crippen LogP contribution < -0.4 is 21.7 Å². The molecule has 0 saturated carbocycles. The monoisotopic (exact) mass is 403 g/mol. The minimum atomic E-state index is -0.914. The molecule has 0 fully saturated rings. The number of carbonyl (C=O) groups excluding carboxylic acids is 2. The highest BCUT2D eigenvalue weighted by atomic mass is 16.6. The van der Waals surface area contributed by atoms with Crippen LogP contribution in [0, 0.1) is 0 Å². The molecule has 156 valence electrons. The number of aromatic amines is 1. The lowest BCUT2D eigenvalue weighted by atomic mass is 10.0. The van der Waals surface area contributed by atoms with Crippen molar-refractivity contribution < 1.29 is 19.1 Å². The Kier molecular flexibility index (Phi) is 7.35. The van der Waals surface area contributed by atoms with Crippen molar-refractivity contribution in [2.75, 3.05) is 18.9 Å². The Hall–Kier alpha value is -3.36. The number of rotatable bonds is 9. The lowest BCUT2D eigenvalue weighted by Gasteiger charge is -2.11. The van der Waals surface area contributed by atoms with E-state index in [0.29, 0.717) is 18.1 Å². The van der Waals surface area contributed by atoms with Crippen molar-refractivity contribution in [3.05, 3.63) is 56.2 Å². The normalized spacial score (nSPS) is 10.8. The summed E-state index contributed by atoms with van der Waals surface area (Å²) >= 11 is 0. The highest BCUT2D eigenvalue weighted by Gasteiger charge is 2.20. The van der Waals surface area contributed by atoms with E-state index >= 15 is 0 Å². The molecule has 1 aromatic carbocycles. The van der Waals surface area contributed by atoms with E-state index in [1.165, 1.54) is 0 Å². The lowest BCUT2D eigenvalue weighted by molar-refractivity contribution is -0.144. The van der Waals surface area contributed by atoms with Crippen molar-refractivity contribution in [2.24, 2.45) is 0 Å². The Bertz CT molecular complexity index is 989. The van der Waals surface area contributed by atoms with Gasteiger partial charge in [0.2, 0.25) is 5.78 Å². The molecular weight excluding hydrogens is 378 g/mol. The predicted molar refractivity (Wildman–Crippen MR) is 107 cm³/mol. The molecule has 0 unspecified atom stereocenters. The number of nitrogens with one attached hydrogen (secondary N) is 1. The summed E-state index contributed by atoms with van der Waals surface area (Å²) < 4.78 is 11.3. The van der Waals surface area contributed by atoms with Crippen LogP contribution in [-0.4, -0.2) is 34.5 Å². The quantitative estimate of drug-likeness (QED) is 0.478. The van der Waals surface area contributed by atoms with E-state index in [2.05, 4.69) is 13.8 Å². The fourth-order valence-corrected chi connectivity index (χ4v) is 2.65. The average molecular weight is 403 g/mol. The van der Waals surface area contributed by atoms with Gasteiger partial charge in [-0.15, -0.1) is 0 Å². The number of ether oxygens (including phenoxy) is 2. The van der Waals surface area contributed by atoms with Crippen LogP contribution in [0.3, 0.4) is 0 Å². The van der Waals surface area contributed by atoms with Gasteiger partial charge in [0.1, 0.15) is 17.1 Å². The molecule has 29 heavy (non-hydrogen) atoms. The van der Waals surface area contributed by atoms with Crippen molar-refractivity contribution in [1.82, 2.24) is 9.55 Å². The maximum atomic E-state index is 12.3. The summed E-state index contributed by atoms with van der Waals surface area (Å²) in [5, 5.41) is 0. The minimum Gasteiger partial charge on any atom is -0.482 e. The van der Waals surface area contributed by atoms with Crippen LogP contribution >= 0.6 is 0 Å². The van der Waals surface area contributed by atoms with Crippen molar-refractivity contribution in [2.45, 2.75) is 39.7 Å². The SMILES string of the molecule is CCCn1c(N)c(C(=O)COC(=O)COc2ccc(C(C)C)cc2)c(=O)[nH]c1=O. The zero-order valence-corrected chi connectivity index (χ0v) is 16.7. The number of benzene rings is 1. The summed E-state index contributed by atoms with van der Waals surface area (Å²) in [6.07, 6.45) is 0.578. The number of esters is 1. The van der Waals surface area contributed by atoms with Gasteiger partial charge in [-0.3, -0.25) is 19.1 Å². The van der Waals surface area contributed by atoms with Gasteiger partial charge in [-0.1, -0.05) is 32.9 Å². The summed E-state index contributed by atoms with van der Waals surface area (Å²) in [7, 11) is 0. The molecule has 0 aliphatic carbocycles. The van der Waals surface area contributed by atoms with Gasteiger partial charge in [0.25, 0.3) is 5.56 Å². The third kappa shape index (κ3) is 5.56. The number of ketones is 1. The number of nitrogens with zero attached hydrogens (tertiary/aromatic N) is 1. The van der Waals surface area contributed by atoms with Gasteiger partial charge >= 0.3 is 11.7 Å². The number of aromatic nitrogens is 2. The van der Waals surface area contributed by atoms with Crippen LogP contribution in [0.25, 0.3) is 0 Å². The van der Waals surface area contributed by atoms with E-state index in [4.69, 9.17) is 15.2 Å². The number of nitrogens with two attached hydrogens (primary N) is 1. The lowest BCUT2D eigenvalue weighted by Crippen LogP contribution is -2.37. The molecular formula is C20H25N3O6. The molecule has 0 amide bonds. The summed E-state index contributed by atoms with van der Waals surface area (Å²) in [6.45, 7) is 5.11. The Morgan fingerprint density at radius 2 is 1.79 bits per heavy atom. The van der Waals surface area contributed by atoms with Gasteiger partial charge in [-0.2, -0.15) is 0 Å². The van der Waals surface area contributed by atoms with E-state index in [9.17, 15) is 19.2 Å². The molecule has 1 heterocycles. The highest BCUT2D eigenvalue weighted by molar-refractivity contribution is 6.01. The van der Waals surface area contributed by atoms with Crippen LogP contribution in [0.1, 0.15) is 49.0 Å². The number of hydrogen-bond donors (Lipinski definition) is 2. The van der Waals surface area contributed by atoms with Crippen LogP contribution in [0.4, 0.5) is 5.82 Å². The molecule has 0 spiro atoms. The van der Waals surface area contributed by atoms with Crippen molar-refractivity contribution in [1.29, 1.82) is 0 Å². The third-order valence-electron chi connectivity index (χ3n) is 4.23. The molecule has 0 saturated heterocycles. The zero-order chi connectivity index (χ0) is 21.6. The molecule has 0 atom stereocenters. The molecule has 2 aromatic rings. The Morgan fingerprint density at radius 3 is 2.38 bits per heavy atom. The summed E-state index contributed by atoms with van der Waals surface area (Å²) in [4.78, 5) is 49.9. The fourth-order valence-electron chi connectivity index (χ4n) is 2.65. The molecule has 9 nitrogen and oxygen atoms in total. The van der Waals surface area contributed by atoms with Gasteiger partial charge in [-0.25, -0.2) is 9.59 Å². The largest absolute Gasteiger partial charge is 0.482 e. The Balaban J connectivity index is 1.96. The molecule has 0 radical (unpaired) electrons. The van der Waals surface area contributed by atoms with Crippen molar-refractivity contribution in [3.63, 3.8) is 0 Å². The van der Waals surface area contributed by atoms with Crippen LogP contribution in [0.5, 0.6) is 5.75 Å². The van der Waals surface area contributed by atoms with E-state index in [-0.39, 0.29) is 12.4 Å². The molecule has 9 heteroatoms. The first-order valence-electron chi connectivity index (χ1n) is 9.28. The van der Waals surface area contributed by atoms with Gasteiger partial charge < -0.3 is 15.2 Å². The third-order valence-corrected chi connectivity index (χ3v) is 4.23. The van der Waals surface area contributed by atoms with E-state index < -0.39 is 41.8 Å². The maximum Gasteiger partial charge on any atom is 0.344 e. The van der Waals surface area contributed by atoms with Gasteiger partial charge in [0.15, 0.2) is 13.2 Å². The molecule has 0 aliphatic heterocycles. The highest BCUT2D eigenvalue weighted by Crippen LogP contribution is 2.18. The number of Topliss-reactive ketones (excluding diaryl/α,β-unsaturated/α-hetero) is 1. The van der Waals surface area contributed by atoms with Gasteiger partial charge in [0.05, 0.1) is 0 Å². The first-order chi connectivity index (χ1) is 13.7. The second-order valence-electron chi connectivity index (χ2n) is 6.77. The molecule has 1 aromatic heterocycles. The number of anilines is 1. The molecule has 0 aliphatic rings. The van der Waals surface area contributed by atoms with E-state index in [1.54, 1.807) is 12.1 Å². The summed E-state index contributed by atoms with van der Waals surface area (Å²) in [6, 6.07) is 7.28. The standard InChI is InChI=1S/C20H25N3O6/c1-4-9-23-18(21)17(19(26)22-20(23)27)15(24)10-29-16(25)11-28-14-7-5-13(6-8-14)12(2)3/h5-8,12H,4,9-11,21H2,1-3H3,(H,22,26,27). The number of H-pyrrole nitrogens is 1. The van der Waals surface area contributed by atoms with E-state index in [0.717, 1.165) is 10.1 Å². The van der Waals surface area contributed by atoms with Crippen LogP contribution in [-0.2, 0) is 16.1 Å². The van der Waals surface area contributed by atoms with E-state index in [1.807, 2.05) is 24.0 Å². The first-order valence-corrected chi connectivity index (χ1v) is 9.28. The maximum absolute atomic E-state index is 12.3. The Labute approximate surface area is 167 Å². The fraction of sp³-hybridized carbons (Fsp3) is 0.400. The van der Waals surface area contributed by atoms with Gasteiger partial charge in [0, 0.05) is 6.54 Å². The smallest absolute Gasteiger partial charge is 0.344 e. The molecule has 0 bridgehead atoms. The second kappa shape index (κ2) is 9.72. The van der Waals surface area contributed by atoms with Crippen LogP contribution in [0.15, 0.2) is 33.9 Å². The number of carbonyl (C=O) groups is 2. The summed E-state index contributed by atoms with van der Waals surface area (Å²) in [5.74, 6) is -0.957. The predicted octanol–water partition coefficient (Wildman–Crippen LogP) is 1.46. The first kappa shape index (κ1) is 21.9. The summed E-state index contributed by atoms with van der Waals surface area (Å²) in [5.41, 5.74) is 4.92. The zero-order valence-electron chi connectivity index (χ0n) is 16.7. The molecule has 2 rings (SSSR count). The van der Waals surface area contributed by atoms with Crippen molar-refractivity contribution in [3.8, 4) is 5.75 Å². The van der Waals surface area contributed by atoms with Gasteiger partial charge in [-0.05, 0) is 30.0 Å². The average Bonchev–Trinajstić information content (AvgIpc) is 2.68. The molecule has 3 N–H and O–H groups in total. The minimum absolute atomic E-state index is 0.241. The number of nitrogen functional groups attached to an aromatic ring is 1. The Morgan fingerprint density at radius 1 is 1.14 bits per heavy atom. The van der Waals surface area contributed by atoms with Crippen molar-refractivity contribution >= 4 is 17.6 Å². The second-order valence-corrected chi connectivity index (χ2v) is 6.77.